The molecule has 2 aliphatic rings. The van der Waals surface area contributed by atoms with Crippen LogP contribution >= 0.6 is 0 Å². The van der Waals surface area contributed by atoms with Gasteiger partial charge >= 0.3 is 5.97 Å². The summed E-state index contributed by atoms with van der Waals surface area (Å²) >= 11 is 0. The maximum absolute atomic E-state index is 11.1. The van der Waals surface area contributed by atoms with Crippen LogP contribution in [0.1, 0.15) is 34.6 Å². The van der Waals surface area contributed by atoms with Gasteiger partial charge in [-0.05, 0) is 19.3 Å². The highest BCUT2D eigenvalue weighted by atomic mass is 16.4. The van der Waals surface area contributed by atoms with E-state index >= 15 is 0 Å². The second-order valence-corrected chi connectivity index (χ2v) is 4.61. The molecule has 0 atom stereocenters. The SMILES string of the molecule is Nc1nc2c(c(C(=O)O)n1)CCN(C1CC1)C2. The van der Waals surface area contributed by atoms with Crippen LogP contribution in [0.5, 0.6) is 0 Å². The standard InChI is InChI=1S/C11H14N4O2/c12-11-13-8-5-15(6-1-2-6)4-3-7(8)9(14-11)10(16)17/h6H,1-5H2,(H,16,17)(H2,12,13,14). The molecule has 0 radical (unpaired) electrons. The second kappa shape index (κ2) is 3.66. The molecule has 1 aromatic rings. The van der Waals surface area contributed by atoms with E-state index in [0.717, 1.165) is 17.8 Å². The summed E-state index contributed by atoms with van der Waals surface area (Å²) in [6.07, 6.45) is 3.18. The van der Waals surface area contributed by atoms with Gasteiger partial charge in [0.15, 0.2) is 5.69 Å². The molecule has 0 aromatic carbocycles. The summed E-state index contributed by atoms with van der Waals surface area (Å²) in [5.41, 5.74) is 7.16. The maximum Gasteiger partial charge on any atom is 0.354 e. The molecule has 0 bridgehead atoms. The Balaban J connectivity index is 1.98. The smallest absolute Gasteiger partial charge is 0.354 e. The zero-order valence-electron chi connectivity index (χ0n) is 9.39. The molecule has 2 heterocycles. The van der Waals surface area contributed by atoms with E-state index in [1.807, 2.05) is 0 Å². The van der Waals surface area contributed by atoms with Crippen molar-refractivity contribution in [3.8, 4) is 0 Å². The predicted octanol–water partition coefficient (Wildman–Crippen LogP) is 0.277. The molecule has 0 spiro atoms. The average Bonchev–Trinajstić information content (AvgIpc) is 3.10. The molecule has 1 fully saturated rings. The van der Waals surface area contributed by atoms with Crippen molar-refractivity contribution in [3.05, 3.63) is 17.0 Å². The first-order valence-electron chi connectivity index (χ1n) is 5.78. The highest BCUT2D eigenvalue weighted by Gasteiger charge is 2.33. The van der Waals surface area contributed by atoms with E-state index in [1.165, 1.54) is 12.8 Å². The first-order valence-corrected chi connectivity index (χ1v) is 5.78. The fourth-order valence-corrected chi connectivity index (χ4v) is 2.40. The van der Waals surface area contributed by atoms with Crippen molar-refractivity contribution in [1.29, 1.82) is 0 Å². The van der Waals surface area contributed by atoms with Gasteiger partial charge in [0.05, 0.1) is 5.69 Å². The molecule has 1 aromatic heterocycles. The highest BCUT2D eigenvalue weighted by Crippen LogP contribution is 2.31. The van der Waals surface area contributed by atoms with E-state index in [0.29, 0.717) is 19.0 Å². The Bertz CT molecular complexity index is 485. The zero-order chi connectivity index (χ0) is 12.0. The van der Waals surface area contributed by atoms with Gasteiger partial charge in [-0.15, -0.1) is 0 Å². The first-order chi connectivity index (χ1) is 8.15. The zero-order valence-corrected chi connectivity index (χ0v) is 9.39. The van der Waals surface area contributed by atoms with Crippen LogP contribution < -0.4 is 5.73 Å². The maximum atomic E-state index is 11.1. The number of hydrogen-bond acceptors (Lipinski definition) is 5. The lowest BCUT2D eigenvalue weighted by molar-refractivity contribution is 0.0687. The van der Waals surface area contributed by atoms with Gasteiger partial charge in [0.2, 0.25) is 5.95 Å². The van der Waals surface area contributed by atoms with E-state index in [9.17, 15) is 4.79 Å². The molecule has 1 aliphatic carbocycles. The molecule has 1 aliphatic heterocycles. The van der Waals surface area contributed by atoms with Crippen LogP contribution in [0.2, 0.25) is 0 Å². The molecule has 90 valence electrons. The molecular formula is C11H14N4O2. The molecule has 6 nitrogen and oxygen atoms in total. The minimum Gasteiger partial charge on any atom is -0.476 e. The van der Waals surface area contributed by atoms with Crippen LogP contribution in [0.25, 0.3) is 0 Å². The van der Waals surface area contributed by atoms with E-state index in [1.54, 1.807) is 0 Å². The van der Waals surface area contributed by atoms with Gasteiger partial charge in [-0.1, -0.05) is 0 Å². The van der Waals surface area contributed by atoms with E-state index in [-0.39, 0.29) is 11.6 Å². The van der Waals surface area contributed by atoms with Crippen molar-refractivity contribution in [2.24, 2.45) is 0 Å². The topological polar surface area (TPSA) is 92.3 Å². The summed E-state index contributed by atoms with van der Waals surface area (Å²) < 4.78 is 0. The van der Waals surface area contributed by atoms with Gasteiger partial charge < -0.3 is 10.8 Å². The van der Waals surface area contributed by atoms with Crippen LogP contribution in [0, 0.1) is 0 Å². The van der Waals surface area contributed by atoms with Crippen molar-refractivity contribution in [1.82, 2.24) is 14.9 Å². The number of aromatic carboxylic acids is 1. The quantitative estimate of drug-likeness (QED) is 0.763. The van der Waals surface area contributed by atoms with E-state index in [4.69, 9.17) is 10.8 Å². The van der Waals surface area contributed by atoms with Gasteiger partial charge in [0.1, 0.15) is 0 Å². The predicted molar refractivity (Wildman–Crippen MR) is 60.5 cm³/mol. The Morgan fingerprint density at radius 1 is 1.41 bits per heavy atom. The van der Waals surface area contributed by atoms with Gasteiger partial charge in [-0.2, -0.15) is 0 Å². The number of hydrogen-bond donors (Lipinski definition) is 2. The fraction of sp³-hybridized carbons (Fsp3) is 0.545. The first kappa shape index (κ1) is 10.5. The number of carboxylic acid groups (broad SMARTS) is 1. The average molecular weight is 234 g/mol. The summed E-state index contributed by atoms with van der Waals surface area (Å²) in [7, 11) is 0. The van der Waals surface area contributed by atoms with Crippen molar-refractivity contribution in [2.75, 3.05) is 12.3 Å². The third kappa shape index (κ3) is 1.84. The van der Waals surface area contributed by atoms with Crippen LogP contribution in [0.15, 0.2) is 0 Å². The number of rotatable bonds is 2. The molecule has 0 saturated heterocycles. The molecule has 0 unspecified atom stereocenters. The van der Waals surface area contributed by atoms with Crippen molar-refractivity contribution >= 4 is 11.9 Å². The summed E-state index contributed by atoms with van der Waals surface area (Å²) in [6.45, 7) is 1.60. The number of nitrogens with zero attached hydrogens (tertiary/aromatic N) is 3. The van der Waals surface area contributed by atoms with Gasteiger partial charge in [-0.25, -0.2) is 14.8 Å². The summed E-state index contributed by atoms with van der Waals surface area (Å²) in [5, 5.41) is 9.09. The lowest BCUT2D eigenvalue weighted by Gasteiger charge is -2.28. The number of nitrogen functional groups attached to an aromatic ring is 1. The Kier molecular flexibility index (Phi) is 2.25. The van der Waals surface area contributed by atoms with E-state index < -0.39 is 5.97 Å². The number of anilines is 1. The number of fused-ring (bicyclic) bond motifs is 1. The van der Waals surface area contributed by atoms with Crippen molar-refractivity contribution in [2.45, 2.75) is 31.8 Å². The lowest BCUT2D eigenvalue weighted by Crippen LogP contribution is -2.34. The Labute approximate surface area is 98.5 Å². The van der Waals surface area contributed by atoms with Crippen molar-refractivity contribution < 1.29 is 9.90 Å². The fourth-order valence-electron chi connectivity index (χ4n) is 2.40. The monoisotopic (exact) mass is 234 g/mol. The molecule has 0 amide bonds. The van der Waals surface area contributed by atoms with Crippen LogP contribution in [0.3, 0.4) is 0 Å². The third-order valence-corrected chi connectivity index (χ3v) is 3.38. The Morgan fingerprint density at radius 2 is 2.18 bits per heavy atom. The number of nitrogens with two attached hydrogens (primary N) is 1. The number of aromatic nitrogens is 2. The van der Waals surface area contributed by atoms with Gasteiger partial charge in [0, 0.05) is 24.7 Å². The van der Waals surface area contributed by atoms with Gasteiger partial charge in [0.25, 0.3) is 0 Å². The highest BCUT2D eigenvalue weighted by molar-refractivity contribution is 5.87. The van der Waals surface area contributed by atoms with Crippen molar-refractivity contribution in [3.63, 3.8) is 0 Å². The Hall–Kier alpha value is -1.69. The molecular weight excluding hydrogens is 220 g/mol. The minimum absolute atomic E-state index is 0.0544. The summed E-state index contributed by atoms with van der Waals surface area (Å²) in [4.78, 5) is 21.4. The normalized spacial score (nSPS) is 20.0. The molecule has 3 rings (SSSR count). The molecule has 3 N–H and O–H groups in total. The third-order valence-electron chi connectivity index (χ3n) is 3.38. The van der Waals surface area contributed by atoms with E-state index in [2.05, 4.69) is 14.9 Å². The summed E-state index contributed by atoms with van der Waals surface area (Å²) in [5.74, 6) is -0.964. The molecule has 6 heteroatoms. The number of carbonyl (C=O) groups is 1. The van der Waals surface area contributed by atoms with Crippen LogP contribution in [0.4, 0.5) is 5.95 Å². The van der Waals surface area contributed by atoms with Gasteiger partial charge in [-0.3, -0.25) is 4.90 Å². The largest absolute Gasteiger partial charge is 0.476 e. The molecule has 17 heavy (non-hydrogen) atoms. The summed E-state index contributed by atoms with van der Waals surface area (Å²) in [6, 6.07) is 0.660. The Morgan fingerprint density at radius 3 is 2.82 bits per heavy atom. The van der Waals surface area contributed by atoms with Crippen LogP contribution in [-0.2, 0) is 13.0 Å². The minimum atomic E-state index is -1.02. The van der Waals surface area contributed by atoms with Crippen LogP contribution in [-0.4, -0.2) is 38.5 Å². The molecule has 1 saturated carbocycles. The lowest BCUT2D eigenvalue weighted by atomic mass is 10.0. The number of carboxylic acids is 1. The second-order valence-electron chi connectivity index (χ2n) is 4.61.